The van der Waals surface area contributed by atoms with Gasteiger partial charge in [0.05, 0.1) is 19.8 Å². The van der Waals surface area contributed by atoms with E-state index in [1.165, 1.54) is 0 Å². The molecule has 3 aliphatic rings. The molecule has 9 heteroatoms. The molecule has 8 nitrogen and oxygen atoms in total. The van der Waals surface area contributed by atoms with Crippen LogP contribution in [0.5, 0.6) is 5.75 Å². The lowest BCUT2D eigenvalue weighted by molar-refractivity contribution is -0.292. The topological polar surface area (TPSA) is 84.8 Å². The summed E-state index contributed by atoms with van der Waals surface area (Å²) < 4.78 is 42.0. The van der Waals surface area contributed by atoms with Gasteiger partial charge in [-0.3, -0.25) is 0 Å². The highest BCUT2D eigenvalue weighted by molar-refractivity contribution is 6.76. The highest BCUT2D eigenvalue weighted by Crippen LogP contribution is 2.71. The normalized spacial score (nSPS) is 35.3. The van der Waals surface area contributed by atoms with Crippen molar-refractivity contribution >= 4 is 8.07 Å². The van der Waals surface area contributed by atoms with Gasteiger partial charge in [0.2, 0.25) is 0 Å². The molecule has 1 N–H and O–H groups in total. The number of hydrogen-bond donors (Lipinski definition) is 1. The minimum atomic E-state index is -1.37. The maximum Gasteiger partial charge on any atom is 0.184 e. The lowest BCUT2D eigenvalue weighted by atomic mass is 9.62. The molecule has 1 aromatic rings. The highest BCUT2D eigenvalue weighted by Gasteiger charge is 2.74. The summed E-state index contributed by atoms with van der Waals surface area (Å²) in [5, 5.41) is 12.6. The van der Waals surface area contributed by atoms with E-state index in [-0.39, 0.29) is 31.5 Å². The van der Waals surface area contributed by atoms with Gasteiger partial charge >= 0.3 is 0 Å². The van der Waals surface area contributed by atoms with Crippen molar-refractivity contribution in [3.05, 3.63) is 67.3 Å². The average molecular weight is 617 g/mol. The molecular weight excluding hydrogens is 564 g/mol. The van der Waals surface area contributed by atoms with Crippen LogP contribution in [-0.2, 0) is 28.4 Å². The Morgan fingerprint density at radius 1 is 1.07 bits per heavy atom. The lowest BCUT2D eigenvalue weighted by Gasteiger charge is -2.47. The smallest absolute Gasteiger partial charge is 0.184 e. The number of rotatable bonds is 15. The van der Waals surface area contributed by atoms with Gasteiger partial charge in [-0.05, 0) is 48.4 Å². The summed E-state index contributed by atoms with van der Waals surface area (Å²) in [7, 11) is 1.95. The van der Waals surface area contributed by atoms with Gasteiger partial charge in [0.15, 0.2) is 6.29 Å². The third-order valence-corrected chi connectivity index (χ3v) is 11.7. The Kier molecular flexibility index (Phi) is 10.5. The third-order valence-electron chi connectivity index (χ3n) is 10.00. The first-order valence-electron chi connectivity index (χ1n) is 15.3. The predicted octanol–water partition coefficient (Wildman–Crippen LogP) is 6.26. The van der Waals surface area contributed by atoms with E-state index in [1.807, 2.05) is 42.5 Å². The molecule has 0 unspecified atom stereocenters. The molecule has 240 valence electrons. The first-order valence-corrected chi connectivity index (χ1v) is 19.0. The van der Waals surface area contributed by atoms with Gasteiger partial charge in [0, 0.05) is 32.8 Å². The Hall–Kier alpha value is -1.82. The standard InChI is InChI=1S/C34H52O8Si/c1-10-28-32(41-24-38-20-21-43(7,8)9,22-39-30(42-28)25-12-14-26(37-6)15-13-25)18-19-34(35)29(40-23-36-5)27-16-17-33(34,11-2)31(27,3)4/h10-15,18-19,27-30,35H,1-2,16-17,20-24H2,3-9H3/b19-18-/t27-,28-,29-,30+,32+,33-,34-/m1/s1. The SMILES string of the molecule is C=C[C@H]1O[C@@H](c2ccc(OC)cc2)OC[C@]1(/C=C\[C@@]1(O)[C@H](OCOC)[C@H]2CC[C@]1(C=C)C2(C)C)OCOCC[Si](C)(C)C. The molecule has 1 aliphatic heterocycles. The molecule has 7 atom stereocenters. The third kappa shape index (κ3) is 6.33. The van der Waals surface area contributed by atoms with Crippen molar-refractivity contribution in [1.82, 2.24) is 0 Å². The predicted molar refractivity (Wildman–Crippen MR) is 170 cm³/mol. The molecule has 43 heavy (non-hydrogen) atoms. The van der Waals surface area contributed by atoms with Crippen LogP contribution < -0.4 is 4.74 Å². The summed E-state index contributed by atoms with van der Waals surface area (Å²) in [6.45, 7) is 20.5. The van der Waals surface area contributed by atoms with E-state index in [9.17, 15) is 5.11 Å². The minimum absolute atomic E-state index is 0.0435. The molecule has 1 heterocycles. The summed E-state index contributed by atoms with van der Waals surface area (Å²) in [6.07, 6.45) is 7.35. The molecule has 0 spiro atoms. The van der Waals surface area contributed by atoms with E-state index in [1.54, 1.807) is 20.3 Å². The average Bonchev–Trinajstić information content (AvgIpc) is 3.32. The van der Waals surface area contributed by atoms with E-state index in [4.69, 9.17) is 33.2 Å². The van der Waals surface area contributed by atoms with Crippen molar-refractivity contribution in [2.45, 2.75) is 82.1 Å². The fourth-order valence-corrected chi connectivity index (χ4v) is 8.06. The van der Waals surface area contributed by atoms with Crippen LogP contribution in [0.4, 0.5) is 0 Å². The minimum Gasteiger partial charge on any atom is -0.497 e. The largest absolute Gasteiger partial charge is 0.497 e. The second-order valence-electron chi connectivity index (χ2n) is 13.8. The number of methoxy groups -OCH3 is 2. The lowest BCUT2D eigenvalue weighted by Crippen LogP contribution is -2.56. The summed E-state index contributed by atoms with van der Waals surface area (Å²) in [4.78, 5) is 0. The summed E-state index contributed by atoms with van der Waals surface area (Å²) in [5.74, 6) is 0.866. The van der Waals surface area contributed by atoms with Crippen LogP contribution in [0.2, 0.25) is 25.7 Å². The van der Waals surface area contributed by atoms with Crippen molar-refractivity contribution in [3.8, 4) is 5.75 Å². The van der Waals surface area contributed by atoms with E-state index in [0.717, 1.165) is 30.2 Å². The fraction of sp³-hybridized carbons (Fsp3) is 0.647. The zero-order valence-corrected chi connectivity index (χ0v) is 28.1. The van der Waals surface area contributed by atoms with Crippen molar-refractivity contribution < 1.29 is 38.3 Å². The number of aliphatic hydroxyl groups is 1. The van der Waals surface area contributed by atoms with E-state index >= 15 is 0 Å². The summed E-state index contributed by atoms with van der Waals surface area (Å²) in [6, 6.07) is 8.60. The first kappa shape index (κ1) is 34.1. The zero-order chi connectivity index (χ0) is 31.5. The monoisotopic (exact) mass is 616 g/mol. The maximum absolute atomic E-state index is 12.6. The number of ether oxygens (including phenoxy) is 7. The Morgan fingerprint density at radius 2 is 1.79 bits per heavy atom. The van der Waals surface area contributed by atoms with Gasteiger partial charge in [0.1, 0.15) is 36.6 Å². The van der Waals surface area contributed by atoms with Gasteiger partial charge in [0.25, 0.3) is 0 Å². The van der Waals surface area contributed by atoms with E-state index in [2.05, 4.69) is 46.6 Å². The number of benzene rings is 1. The molecule has 0 aromatic heterocycles. The van der Waals surface area contributed by atoms with Crippen molar-refractivity contribution in [3.63, 3.8) is 0 Å². The van der Waals surface area contributed by atoms with Crippen LogP contribution in [0.15, 0.2) is 61.7 Å². The molecule has 4 rings (SSSR count). The summed E-state index contributed by atoms with van der Waals surface area (Å²) >= 11 is 0. The van der Waals surface area contributed by atoms with Crippen LogP contribution in [-0.4, -0.2) is 77.6 Å². The molecule has 1 aromatic carbocycles. The highest BCUT2D eigenvalue weighted by atomic mass is 28.3. The Labute approximate surface area is 259 Å². The molecule has 0 radical (unpaired) electrons. The zero-order valence-electron chi connectivity index (χ0n) is 27.1. The van der Waals surface area contributed by atoms with Gasteiger partial charge < -0.3 is 38.3 Å². The number of fused-ring (bicyclic) bond motifs is 2. The van der Waals surface area contributed by atoms with Gasteiger partial charge in [-0.15, -0.1) is 13.2 Å². The maximum atomic E-state index is 12.6. The quantitative estimate of drug-likeness (QED) is 0.107. The van der Waals surface area contributed by atoms with Crippen molar-refractivity contribution in [2.75, 3.05) is 41.0 Å². The van der Waals surface area contributed by atoms with Gasteiger partial charge in [-0.1, -0.05) is 63.8 Å². The van der Waals surface area contributed by atoms with Crippen molar-refractivity contribution in [2.24, 2.45) is 16.7 Å². The molecule has 0 amide bonds. The molecular formula is C34H52O8Si. The molecule has 1 saturated heterocycles. The van der Waals surface area contributed by atoms with Crippen LogP contribution in [0, 0.1) is 16.7 Å². The van der Waals surface area contributed by atoms with Crippen LogP contribution in [0.1, 0.15) is 38.5 Å². The van der Waals surface area contributed by atoms with Gasteiger partial charge in [-0.2, -0.15) is 0 Å². The second-order valence-corrected chi connectivity index (χ2v) is 19.5. The van der Waals surface area contributed by atoms with E-state index < -0.39 is 43.2 Å². The molecule has 3 fully saturated rings. The molecule has 2 saturated carbocycles. The van der Waals surface area contributed by atoms with Crippen LogP contribution in [0.3, 0.4) is 0 Å². The van der Waals surface area contributed by atoms with Crippen LogP contribution in [0.25, 0.3) is 0 Å². The van der Waals surface area contributed by atoms with Crippen molar-refractivity contribution in [1.29, 1.82) is 0 Å². The molecule has 2 bridgehead atoms. The second kappa shape index (κ2) is 13.3. The van der Waals surface area contributed by atoms with E-state index in [0.29, 0.717) is 6.61 Å². The van der Waals surface area contributed by atoms with Gasteiger partial charge in [-0.25, -0.2) is 0 Å². The molecule has 2 aliphatic carbocycles. The van der Waals surface area contributed by atoms with Crippen LogP contribution >= 0.6 is 0 Å². The Balaban J connectivity index is 1.66. The fourth-order valence-electron chi connectivity index (χ4n) is 7.30. The Morgan fingerprint density at radius 3 is 2.40 bits per heavy atom. The summed E-state index contributed by atoms with van der Waals surface area (Å²) in [5.41, 5.74) is -2.49. The first-order chi connectivity index (χ1) is 20.3. The number of hydrogen-bond acceptors (Lipinski definition) is 8. The Bertz CT molecular complexity index is 1130.